The Morgan fingerprint density at radius 3 is 2.83 bits per heavy atom. The second-order valence-corrected chi connectivity index (χ2v) is 8.89. The van der Waals surface area contributed by atoms with E-state index in [1.165, 1.54) is 6.08 Å². The van der Waals surface area contributed by atoms with Crippen LogP contribution in [-0.4, -0.2) is 20.5 Å². The van der Waals surface area contributed by atoms with Gasteiger partial charge in [-0.3, -0.25) is 4.79 Å². The van der Waals surface area contributed by atoms with Gasteiger partial charge in [0.05, 0.1) is 22.6 Å². The SMILES string of the molecule is O=C(C=Cc1ccco1)Nc1cccc(CNc2cc(-c3ccccc3Cl)nc3c(Br)cnn23)c1. The van der Waals surface area contributed by atoms with E-state index in [0.29, 0.717) is 28.7 Å². The Balaban J connectivity index is 1.35. The van der Waals surface area contributed by atoms with Gasteiger partial charge in [-0.05, 0) is 57.9 Å². The molecule has 7 nitrogen and oxygen atoms in total. The van der Waals surface area contributed by atoms with Crippen molar-refractivity contribution in [2.75, 3.05) is 10.6 Å². The lowest BCUT2D eigenvalue weighted by atomic mass is 10.1. The highest BCUT2D eigenvalue weighted by Gasteiger charge is 2.13. The zero-order valence-corrected chi connectivity index (χ0v) is 20.6. The topological polar surface area (TPSA) is 84.5 Å². The van der Waals surface area contributed by atoms with Crippen LogP contribution in [0.2, 0.25) is 5.02 Å². The minimum atomic E-state index is -0.242. The molecule has 5 rings (SSSR count). The Labute approximate surface area is 214 Å². The van der Waals surface area contributed by atoms with Gasteiger partial charge >= 0.3 is 0 Å². The zero-order chi connectivity index (χ0) is 24.2. The zero-order valence-electron chi connectivity index (χ0n) is 18.3. The third-order valence-corrected chi connectivity index (χ3v) is 6.08. The van der Waals surface area contributed by atoms with E-state index in [9.17, 15) is 4.79 Å². The summed E-state index contributed by atoms with van der Waals surface area (Å²) in [6.45, 7) is 0.504. The Morgan fingerprint density at radius 2 is 2.00 bits per heavy atom. The third kappa shape index (κ3) is 5.29. The Hall–Kier alpha value is -3.88. The van der Waals surface area contributed by atoms with Crippen molar-refractivity contribution in [3.8, 4) is 11.3 Å². The van der Waals surface area contributed by atoms with Crippen molar-refractivity contribution in [2.45, 2.75) is 6.54 Å². The molecule has 174 valence electrons. The van der Waals surface area contributed by atoms with Gasteiger partial charge in [-0.25, -0.2) is 4.98 Å². The maximum absolute atomic E-state index is 12.3. The molecule has 0 bridgehead atoms. The summed E-state index contributed by atoms with van der Waals surface area (Å²) in [7, 11) is 0. The highest BCUT2D eigenvalue weighted by atomic mass is 79.9. The average molecular weight is 549 g/mol. The van der Waals surface area contributed by atoms with Gasteiger partial charge in [0.15, 0.2) is 5.65 Å². The molecule has 2 N–H and O–H groups in total. The number of hydrogen-bond donors (Lipinski definition) is 2. The van der Waals surface area contributed by atoms with Crippen molar-refractivity contribution in [2.24, 2.45) is 0 Å². The molecular weight excluding hydrogens is 530 g/mol. The number of carbonyl (C=O) groups excluding carboxylic acids is 1. The first-order chi connectivity index (χ1) is 17.1. The van der Waals surface area contributed by atoms with Crippen molar-refractivity contribution in [3.63, 3.8) is 0 Å². The second-order valence-electron chi connectivity index (χ2n) is 7.63. The van der Waals surface area contributed by atoms with E-state index in [2.05, 4.69) is 31.7 Å². The number of benzene rings is 2. The number of furan rings is 1. The second kappa shape index (κ2) is 10.2. The molecule has 0 atom stereocenters. The molecule has 0 aliphatic heterocycles. The van der Waals surface area contributed by atoms with Gasteiger partial charge in [0, 0.05) is 35.0 Å². The molecule has 0 fully saturated rings. The summed E-state index contributed by atoms with van der Waals surface area (Å²) >= 11 is 9.94. The average Bonchev–Trinajstić information content (AvgIpc) is 3.52. The van der Waals surface area contributed by atoms with E-state index in [4.69, 9.17) is 21.0 Å². The van der Waals surface area contributed by atoms with E-state index in [0.717, 1.165) is 27.1 Å². The van der Waals surface area contributed by atoms with E-state index in [1.807, 2.05) is 54.6 Å². The fourth-order valence-corrected chi connectivity index (χ4v) is 4.13. The lowest BCUT2D eigenvalue weighted by molar-refractivity contribution is -0.111. The number of aromatic nitrogens is 3. The van der Waals surface area contributed by atoms with E-state index in [1.54, 1.807) is 35.2 Å². The number of amides is 1. The van der Waals surface area contributed by atoms with Crippen molar-refractivity contribution in [1.82, 2.24) is 14.6 Å². The lowest BCUT2D eigenvalue weighted by Crippen LogP contribution is -2.09. The molecule has 0 aliphatic rings. The lowest BCUT2D eigenvalue weighted by Gasteiger charge is -2.12. The van der Waals surface area contributed by atoms with Crippen LogP contribution < -0.4 is 10.6 Å². The molecule has 0 radical (unpaired) electrons. The Morgan fingerprint density at radius 1 is 1.11 bits per heavy atom. The van der Waals surface area contributed by atoms with Crippen LogP contribution in [0, 0.1) is 0 Å². The predicted octanol–water partition coefficient (Wildman–Crippen LogP) is 6.67. The van der Waals surface area contributed by atoms with Crippen molar-refractivity contribution in [1.29, 1.82) is 0 Å². The van der Waals surface area contributed by atoms with Gasteiger partial charge in [0.25, 0.3) is 0 Å². The number of nitrogens with one attached hydrogen (secondary N) is 2. The van der Waals surface area contributed by atoms with Gasteiger partial charge in [0.2, 0.25) is 5.91 Å². The van der Waals surface area contributed by atoms with Crippen LogP contribution in [0.5, 0.6) is 0 Å². The first-order valence-corrected chi connectivity index (χ1v) is 11.9. The van der Waals surface area contributed by atoms with Crippen LogP contribution in [0.15, 0.2) is 94.2 Å². The first kappa shape index (κ1) is 22.9. The highest BCUT2D eigenvalue weighted by molar-refractivity contribution is 9.10. The summed E-state index contributed by atoms with van der Waals surface area (Å²) in [5.41, 5.74) is 3.91. The molecule has 9 heteroatoms. The van der Waals surface area contributed by atoms with Crippen molar-refractivity contribution in [3.05, 3.63) is 106 Å². The molecule has 3 heterocycles. The van der Waals surface area contributed by atoms with Crippen molar-refractivity contribution >= 4 is 56.7 Å². The summed E-state index contributed by atoms with van der Waals surface area (Å²) in [5, 5.41) is 11.3. The number of anilines is 2. The summed E-state index contributed by atoms with van der Waals surface area (Å²) in [6.07, 6.45) is 6.32. The molecule has 35 heavy (non-hydrogen) atoms. The molecule has 1 amide bonds. The molecule has 0 saturated heterocycles. The molecule has 2 aromatic carbocycles. The third-order valence-electron chi connectivity index (χ3n) is 5.19. The minimum absolute atomic E-state index is 0.242. The first-order valence-electron chi connectivity index (χ1n) is 10.7. The minimum Gasteiger partial charge on any atom is -0.465 e. The normalized spacial score (nSPS) is 11.3. The van der Waals surface area contributed by atoms with Gasteiger partial charge in [0.1, 0.15) is 11.6 Å². The maximum atomic E-state index is 12.3. The molecule has 0 spiro atoms. The van der Waals surface area contributed by atoms with Crippen molar-refractivity contribution < 1.29 is 9.21 Å². The largest absolute Gasteiger partial charge is 0.465 e. The van der Waals surface area contributed by atoms with E-state index < -0.39 is 0 Å². The molecule has 5 aromatic rings. The quantitative estimate of drug-likeness (QED) is 0.222. The molecule has 0 aliphatic carbocycles. The van der Waals surface area contributed by atoms with Crippen LogP contribution in [0.4, 0.5) is 11.5 Å². The van der Waals surface area contributed by atoms with E-state index in [-0.39, 0.29) is 5.91 Å². The summed E-state index contributed by atoms with van der Waals surface area (Å²) in [4.78, 5) is 17.0. The predicted molar refractivity (Wildman–Crippen MR) is 141 cm³/mol. The van der Waals surface area contributed by atoms with Gasteiger partial charge in [-0.1, -0.05) is 41.9 Å². The molecular formula is C26H19BrClN5O2. The van der Waals surface area contributed by atoms with Crippen LogP contribution in [-0.2, 0) is 11.3 Å². The maximum Gasteiger partial charge on any atom is 0.248 e. The monoisotopic (exact) mass is 547 g/mol. The number of nitrogens with zero attached hydrogens (tertiary/aromatic N) is 3. The number of rotatable bonds is 7. The number of carbonyl (C=O) groups is 1. The van der Waals surface area contributed by atoms with Crippen LogP contribution in [0.3, 0.4) is 0 Å². The number of fused-ring (bicyclic) bond motifs is 1. The molecule has 0 unspecified atom stereocenters. The number of halogens is 2. The van der Waals surface area contributed by atoms with Gasteiger partial charge in [-0.2, -0.15) is 9.61 Å². The standard InChI is InChI=1S/C26H19BrClN5O2/c27-21-16-30-33-24(14-23(32-26(21)33)20-8-1-2-9-22(20)28)29-15-17-5-3-6-18(13-17)31-25(34)11-10-19-7-4-12-35-19/h1-14,16,29H,15H2,(H,31,34). The fraction of sp³-hybridized carbons (Fsp3) is 0.0385. The summed E-state index contributed by atoms with van der Waals surface area (Å²) < 4.78 is 7.72. The van der Waals surface area contributed by atoms with Crippen LogP contribution in [0.1, 0.15) is 11.3 Å². The van der Waals surface area contributed by atoms with E-state index >= 15 is 0 Å². The summed E-state index contributed by atoms with van der Waals surface area (Å²) in [5.74, 6) is 1.13. The van der Waals surface area contributed by atoms with Crippen LogP contribution >= 0.6 is 27.5 Å². The smallest absolute Gasteiger partial charge is 0.248 e. The molecule has 0 saturated carbocycles. The Kier molecular flexibility index (Phi) is 6.65. The number of hydrogen-bond acceptors (Lipinski definition) is 5. The highest BCUT2D eigenvalue weighted by Crippen LogP contribution is 2.30. The fourth-order valence-electron chi connectivity index (χ4n) is 3.55. The van der Waals surface area contributed by atoms with Gasteiger partial charge in [-0.15, -0.1) is 0 Å². The van der Waals surface area contributed by atoms with Crippen LogP contribution in [0.25, 0.3) is 23.0 Å². The molecule has 3 aromatic heterocycles. The Bertz CT molecular complexity index is 1530. The summed E-state index contributed by atoms with van der Waals surface area (Å²) in [6, 6.07) is 20.7. The van der Waals surface area contributed by atoms with Gasteiger partial charge < -0.3 is 15.1 Å².